The lowest BCUT2D eigenvalue weighted by Gasteiger charge is -2.16. The van der Waals surface area contributed by atoms with E-state index < -0.39 is 0 Å². The highest BCUT2D eigenvalue weighted by Crippen LogP contribution is 2.33. The van der Waals surface area contributed by atoms with Gasteiger partial charge in [-0.1, -0.05) is 29.8 Å². The molecule has 0 aliphatic heterocycles. The molecular weight excluding hydrogens is 212 g/mol. The van der Waals surface area contributed by atoms with Crippen LogP contribution in [0.5, 0.6) is 0 Å². The van der Waals surface area contributed by atoms with E-state index in [-0.39, 0.29) is 6.04 Å². The summed E-state index contributed by atoms with van der Waals surface area (Å²) < 4.78 is 1.91. The zero-order chi connectivity index (χ0) is 11.7. The summed E-state index contributed by atoms with van der Waals surface area (Å²) in [5.74, 6) is 0.394. The maximum Gasteiger partial charge on any atom is 0.0733 e. The van der Waals surface area contributed by atoms with Crippen molar-refractivity contribution in [3.63, 3.8) is 0 Å². The molecule has 1 fully saturated rings. The maximum absolute atomic E-state index is 6.15. The summed E-state index contributed by atoms with van der Waals surface area (Å²) in [4.78, 5) is 0. The van der Waals surface area contributed by atoms with Crippen molar-refractivity contribution < 1.29 is 0 Å². The number of nitrogens with zero attached hydrogens (tertiary/aromatic N) is 3. The maximum atomic E-state index is 6.15. The van der Waals surface area contributed by atoms with Crippen molar-refractivity contribution in [2.24, 2.45) is 5.73 Å². The van der Waals surface area contributed by atoms with E-state index in [0.717, 1.165) is 24.2 Å². The molecule has 0 bridgehead atoms. The van der Waals surface area contributed by atoms with Crippen LogP contribution in [0.15, 0.2) is 36.5 Å². The number of rotatable bonds is 2. The molecule has 1 heterocycles. The summed E-state index contributed by atoms with van der Waals surface area (Å²) in [7, 11) is 0. The summed E-state index contributed by atoms with van der Waals surface area (Å²) in [5, 5.41) is 8.21. The number of nitrogens with two attached hydrogens (primary N) is 1. The third kappa shape index (κ3) is 1.85. The number of para-hydroxylation sites is 1. The summed E-state index contributed by atoms with van der Waals surface area (Å²) in [6.07, 6.45) is 5.29. The number of hydrogen-bond donors (Lipinski definition) is 1. The molecule has 0 radical (unpaired) electrons. The van der Waals surface area contributed by atoms with Gasteiger partial charge in [0.1, 0.15) is 0 Å². The largest absolute Gasteiger partial charge is 0.327 e. The van der Waals surface area contributed by atoms with Crippen LogP contribution in [0.3, 0.4) is 0 Å². The lowest BCUT2D eigenvalue weighted by molar-refractivity contribution is 0.576. The van der Waals surface area contributed by atoms with E-state index in [1.807, 2.05) is 41.2 Å². The molecule has 88 valence electrons. The Morgan fingerprint density at radius 2 is 2.00 bits per heavy atom. The van der Waals surface area contributed by atoms with Gasteiger partial charge in [-0.2, -0.15) is 0 Å². The minimum atomic E-state index is 0.246. The molecule has 1 aliphatic carbocycles. The predicted molar refractivity (Wildman–Crippen MR) is 65.9 cm³/mol. The van der Waals surface area contributed by atoms with Crippen molar-refractivity contribution >= 4 is 0 Å². The molecule has 1 saturated carbocycles. The van der Waals surface area contributed by atoms with Gasteiger partial charge in [0.15, 0.2) is 0 Å². The van der Waals surface area contributed by atoms with Gasteiger partial charge >= 0.3 is 0 Å². The first-order valence-electron chi connectivity index (χ1n) is 6.08. The highest BCUT2D eigenvalue weighted by molar-refractivity contribution is 5.32. The van der Waals surface area contributed by atoms with Crippen LogP contribution in [0.25, 0.3) is 5.69 Å². The first kappa shape index (κ1) is 10.5. The molecule has 0 spiro atoms. The van der Waals surface area contributed by atoms with Gasteiger partial charge in [0, 0.05) is 12.0 Å². The second-order valence-corrected chi connectivity index (χ2v) is 4.61. The number of aromatic nitrogens is 3. The Kier molecular flexibility index (Phi) is 2.65. The quantitative estimate of drug-likeness (QED) is 0.853. The average Bonchev–Trinajstić information content (AvgIpc) is 2.98. The molecule has 4 heteroatoms. The second-order valence-electron chi connectivity index (χ2n) is 4.61. The van der Waals surface area contributed by atoms with Crippen molar-refractivity contribution in [1.29, 1.82) is 0 Å². The normalized spacial score (nSPS) is 24.1. The molecule has 2 atom stereocenters. The van der Waals surface area contributed by atoms with Crippen LogP contribution in [0.1, 0.15) is 30.9 Å². The Hall–Kier alpha value is -1.68. The fraction of sp³-hybridized carbons (Fsp3) is 0.385. The zero-order valence-electron chi connectivity index (χ0n) is 9.66. The van der Waals surface area contributed by atoms with Gasteiger partial charge in [0.2, 0.25) is 0 Å². The highest BCUT2D eigenvalue weighted by Gasteiger charge is 2.28. The van der Waals surface area contributed by atoms with Gasteiger partial charge in [-0.05, 0) is 25.0 Å². The Balaban J connectivity index is 2.00. The average molecular weight is 228 g/mol. The summed E-state index contributed by atoms with van der Waals surface area (Å²) in [6.45, 7) is 0. The van der Waals surface area contributed by atoms with Crippen molar-refractivity contribution in [2.45, 2.75) is 31.2 Å². The summed E-state index contributed by atoms with van der Waals surface area (Å²) in [5.41, 5.74) is 8.34. The van der Waals surface area contributed by atoms with Crippen molar-refractivity contribution in [3.8, 4) is 5.69 Å². The van der Waals surface area contributed by atoms with Crippen molar-refractivity contribution in [1.82, 2.24) is 15.0 Å². The van der Waals surface area contributed by atoms with Gasteiger partial charge < -0.3 is 5.73 Å². The van der Waals surface area contributed by atoms with Gasteiger partial charge in [-0.15, -0.1) is 5.10 Å². The van der Waals surface area contributed by atoms with Crippen LogP contribution in [0.4, 0.5) is 0 Å². The molecule has 2 N–H and O–H groups in total. The minimum Gasteiger partial charge on any atom is -0.327 e. The molecule has 1 aromatic heterocycles. The fourth-order valence-electron chi connectivity index (χ4n) is 2.62. The van der Waals surface area contributed by atoms with E-state index >= 15 is 0 Å². The van der Waals surface area contributed by atoms with Crippen LogP contribution in [0, 0.1) is 0 Å². The van der Waals surface area contributed by atoms with Crippen molar-refractivity contribution in [2.75, 3.05) is 0 Å². The van der Waals surface area contributed by atoms with Crippen LogP contribution >= 0.6 is 0 Å². The summed E-state index contributed by atoms with van der Waals surface area (Å²) in [6, 6.07) is 10.3. The first-order valence-corrected chi connectivity index (χ1v) is 6.08. The van der Waals surface area contributed by atoms with Crippen LogP contribution in [0.2, 0.25) is 0 Å². The van der Waals surface area contributed by atoms with Crippen LogP contribution in [-0.4, -0.2) is 21.0 Å². The van der Waals surface area contributed by atoms with E-state index in [1.54, 1.807) is 0 Å². The van der Waals surface area contributed by atoms with Gasteiger partial charge in [-0.3, -0.25) is 0 Å². The highest BCUT2D eigenvalue weighted by atomic mass is 15.4. The third-order valence-electron chi connectivity index (χ3n) is 3.53. The van der Waals surface area contributed by atoms with Gasteiger partial charge in [0.05, 0.1) is 17.6 Å². The Morgan fingerprint density at radius 3 is 2.71 bits per heavy atom. The van der Waals surface area contributed by atoms with E-state index in [0.29, 0.717) is 5.92 Å². The van der Waals surface area contributed by atoms with Gasteiger partial charge in [-0.25, -0.2) is 4.68 Å². The number of hydrogen-bond acceptors (Lipinski definition) is 3. The van der Waals surface area contributed by atoms with E-state index in [4.69, 9.17) is 5.73 Å². The van der Waals surface area contributed by atoms with E-state index in [9.17, 15) is 0 Å². The Labute approximate surface area is 100 Å². The lowest BCUT2D eigenvalue weighted by atomic mass is 10.0. The molecule has 1 aromatic carbocycles. The van der Waals surface area contributed by atoms with Crippen LogP contribution < -0.4 is 5.73 Å². The Morgan fingerprint density at radius 1 is 1.18 bits per heavy atom. The molecule has 0 saturated heterocycles. The molecule has 2 aromatic rings. The molecule has 2 unspecified atom stereocenters. The van der Waals surface area contributed by atoms with E-state index in [1.165, 1.54) is 6.42 Å². The standard InChI is InChI=1S/C13H16N4/c14-12-8-4-7-11(12)13-9-15-16-17(13)10-5-2-1-3-6-10/h1-3,5-6,9,11-12H,4,7-8,14H2. The van der Waals surface area contributed by atoms with E-state index in [2.05, 4.69) is 10.3 Å². The second kappa shape index (κ2) is 4.30. The first-order chi connectivity index (χ1) is 8.36. The Bertz CT molecular complexity index is 491. The lowest BCUT2D eigenvalue weighted by Crippen LogP contribution is -2.24. The predicted octanol–water partition coefficient (Wildman–Crippen LogP) is 1.86. The van der Waals surface area contributed by atoms with Gasteiger partial charge in [0.25, 0.3) is 0 Å². The van der Waals surface area contributed by atoms with Crippen molar-refractivity contribution in [3.05, 3.63) is 42.2 Å². The van der Waals surface area contributed by atoms with Crippen LogP contribution in [-0.2, 0) is 0 Å². The smallest absolute Gasteiger partial charge is 0.0733 e. The third-order valence-corrected chi connectivity index (χ3v) is 3.53. The number of benzene rings is 1. The fourth-order valence-corrected chi connectivity index (χ4v) is 2.62. The molecular formula is C13H16N4. The SMILES string of the molecule is NC1CCCC1c1cnnn1-c1ccccc1. The molecule has 17 heavy (non-hydrogen) atoms. The summed E-state index contributed by atoms with van der Waals surface area (Å²) >= 11 is 0. The molecule has 0 amide bonds. The minimum absolute atomic E-state index is 0.246. The zero-order valence-corrected chi connectivity index (χ0v) is 9.66. The topological polar surface area (TPSA) is 56.7 Å². The molecule has 3 rings (SSSR count). The molecule has 4 nitrogen and oxygen atoms in total. The molecule has 1 aliphatic rings. The monoisotopic (exact) mass is 228 g/mol.